The zero-order valence-corrected chi connectivity index (χ0v) is 11.9. The van der Waals surface area contributed by atoms with Crippen LogP contribution in [0.25, 0.3) is 0 Å². The zero-order valence-electron chi connectivity index (χ0n) is 11.9. The molecule has 2 rings (SSSR count). The maximum Gasteiger partial charge on any atom is 0.330 e. The standard InChI is InChI=1S/C13H17N5O2/c1-8(2)19-12-16-11(14-4)17-13(18-12)20-10-6-5-9(3)15-7-10/h5-8H,1-4H3,(H,14,16,17,18). The van der Waals surface area contributed by atoms with Crippen molar-refractivity contribution in [2.45, 2.75) is 26.9 Å². The predicted octanol–water partition coefficient (Wildman–Crippen LogP) is 2.20. The summed E-state index contributed by atoms with van der Waals surface area (Å²) in [7, 11) is 1.71. The van der Waals surface area contributed by atoms with Gasteiger partial charge in [0.2, 0.25) is 5.95 Å². The minimum Gasteiger partial charge on any atom is -0.461 e. The van der Waals surface area contributed by atoms with Crippen molar-refractivity contribution in [1.82, 2.24) is 19.9 Å². The van der Waals surface area contributed by atoms with E-state index in [1.165, 1.54) is 0 Å². The van der Waals surface area contributed by atoms with Gasteiger partial charge in [-0.3, -0.25) is 4.98 Å². The van der Waals surface area contributed by atoms with E-state index in [0.717, 1.165) is 5.69 Å². The average molecular weight is 275 g/mol. The fourth-order valence-corrected chi connectivity index (χ4v) is 1.38. The fourth-order valence-electron chi connectivity index (χ4n) is 1.38. The highest BCUT2D eigenvalue weighted by molar-refractivity contribution is 5.29. The first kappa shape index (κ1) is 14.0. The number of nitrogens with one attached hydrogen (secondary N) is 1. The highest BCUT2D eigenvalue weighted by Crippen LogP contribution is 2.20. The Morgan fingerprint density at radius 2 is 1.85 bits per heavy atom. The first-order valence-electron chi connectivity index (χ1n) is 6.28. The van der Waals surface area contributed by atoms with E-state index in [2.05, 4.69) is 25.3 Å². The van der Waals surface area contributed by atoms with Crippen molar-refractivity contribution >= 4 is 5.95 Å². The highest BCUT2D eigenvalue weighted by atomic mass is 16.5. The summed E-state index contributed by atoms with van der Waals surface area (Å²) in [6.45, 7) is 5.70. The van der Waals surface area contributed by atoms with E-state index in [-0.39, 0.29) is 18.1 Å². The third-order valence-corrected chi connectivity index (χ3v) is 2.25. The molecule has 0 aliphatic carbocycles. The van der Waals surface area contributed by atoms with E-state index < -0.39 is 0 Å². The molecule has 0 atom stereocenters. The Kier molecular flexibility index (Phi) is 4.29. The normalized spacial score (nSPS) is 10.4. The van der Waals surface area contributed by atoms with Crippen molar-refractivity contribution < 1.29 is 9.47 Å². The molecule has 1 N–H and O–H groups in total. The molecule has 0 unspecified atom stereocenters. The quantitative estimate of drug-likeness (QED) is 0.895. The number of hydrogen-bond donors (Lipinski definition) is 1. The van der Waals surface area contributed by atoms with E-state index in [4.69, 9.17) is 9.47 Å². The molecule has 7 heteroatoms. The number of aryl methyl sites for hydroxylation is 1. The van der Waals surface area contributed by atoms with Crippen LogP contribution in [0.5, 0.6) is 17.8 Å². The van der Waals surface area contributed by atoms with Crippen molar-refractivity contribution in [2.75, 3.05) is 12.4 Å². The number of aromatic nitrogens is 4. The van der Waals surface area contributed by atoms with E-state index in [1.54, 1.807) is 19.3 Å². The number of rotatable bonds is 5. The first-order valence-corrected chi connectivity index (χ1v) is 6.28. The van der Waals surface area contributed by atoms with E-state index in [1.807, 2.05) is 26.8 Å². The van der Waals surface area contributed by atoms with Crippen LogP contribution in [0.3, 0.4) is 0 Å². The molecule has 0 aliphatic heterocycles. The number of hydrogen-bond acceptors (Lipinski definition) is 7. The molecule has 0 saturated carbocycles. The largest absolute Gasteiger partial charge is 0.461 e. The van der Waals surface area contributed by atoms with E-state index in [9.17, 15) is 0 Å². The Morgan fingerprint density at radius 1 is 1.10 bits per heavy atom. The summed E-state index contributed by atoms with van der Waals surface area (Å²) in [5.41, 5.74) is 0.910. The molecule has 2 heterocycles. The lowest BCUT2D eigenvalue weighted by Crippen LogP contribution is -2.11. The minimum absolute atomic E-state index is 0.0315. The maximum absolute atomic E-state index is 5.55. The molecule has 0 amide bonds. The minimum atomic E-state index is -0.0315. The summed E-state index contributed by atoms with van der Waals surface area (Å²) in [5, 5.41) is 2.84. The number of ether oxygens (including phenoxy) is 2. The lowest BCUT2D eigenvalue weighted by atomic mass is 10.4. The van der Waals surface area contributed by atoms with Gasteiger partial charge in [0.05, 0.1) is 12.3 Å². The monoisotopic (exact) mass is 275 g/mol. The Labute approximate surface area is 117 Å². The molecular formula is C13H17N5O2. The SMILES string of the molecule is CNc1nc(Oc2ccc(C)nc2)nc(OC(C)C)n1. The molecule has 2 aromatic heterocycles. The second-order valence-corrected chi connectivity index (χ2v) is 4.38. The second-order valence-electron chi connectivity index (χ2n) is 4.38. The van der Waals surface area contributed by atoms with Crippen molar-refractivity contribution in [1.29, 1.82) is 0 Å². The van der Waals surface area contributed by atoms with Crippen LogP contribution in [-0.4, -0.2) is 33.1 Å². The molecule has 2 aromatic rings. The fraction of sp³-hybridized carbons (Fsp3) is 0.385. The van der Waals surface area contributed by atoms with Gasteiger partial charge in [-0.15, -0.1) is 4.98 Å². The van der Waals surface area contributed by atoms with Gasteiger partial charge in [-0.25, -0.2) is 0 Å². The average Bonchev–Trinajstić information content (AvgIpc) is 2.40. The lowest BCUT2D eigenvalue weighted by molar-refractivity contribution is 0.218. The Morgan fingerprint density at radius 3 is 2.45 bits per heavy atom. The van der Waals surface area contributed by atoms with Crippen molar-refractivity contribution in [2.24, 2.45) is 0 Å². The summed E-state index contributed by atoms with van der Waals surface area (Å²) in [4.78, 5) is 16.5. The molecule has 0 spiro atoms. The Hall–Kier alpha value is -2.44. The van der Waals surface area contributed by atoms with Crippen molar-refractivity contribution in [3.63, 3.8) is 0 Å². The van der Waals surface area contributed by atoms with Crippen LogP contribution >= 0.6 is 0 Å². The van der Waals surface area contributed by atoms with E-state index in [0.29, 0.717) is 11.7 Å². The highest BCUT2D eigenvalue weighted by Gasteiger charge is 2.10. The molecule has 106 valence electrons. The van der Waals surface area contributed by atoms with Gasteiger partial charge in [0, 0.05) is 12.7 Å². The van der Waals surface area contributed by atoms with Gasteiger partial charge in [-0.05, 0) is 32.9 Å². The van der Waals surface area contributed by atoms with Gasteiger partial charge >= 0.3 is 12.0 Å². The lowest BCUT2D eigenvalue weighted by Gasteiger charge is -2.10. The van der Waals surface area contributed by atoms with E-state index >= 15 is 0 Å². The Balaban J connectivity index is 2.23. The van der Waals surface area contributed by atoms with Gasteiger partial charge in [-0.2, -0.15) is 9.97 Å². The molecule has 7 nitrogen and oxygen atoms in total. The van der Waals surface area contributed by atoms with Crippen LogP contribution in [0.15, 0.2) is 18.3 Å². The molecule has 0 fully saturated rings. The third kappa shape index (κ3) is 3.78. The summed E-state index contributed by atoms with van der Waals surface area (Å²) in [6, 6.07) is 4.02. The topological polar surface area (TPSA) is 82.1 Å². The molecule has 0 aromatic carbocycles. The number of nitrogens with zero attached hydrogens (tertiary/aromatic N) is 4. The van der Waals surface area contributed by atoms with Crippen molar-refractivity contribution in [3.8, 4) is 17.8 Å². The van der Waals surface area contributed by atoms with Crippen LogP contribution in [0, 0.1) is 6.92 Å². The van der Waals surface area contributed by atoms with Crippen LogP contribution in [0.1, 0.15) is 19.5 Å². The van der Waals surface area contributed by atoms with Crippen LogP contribution < -0.4 is 14.8 Å². The number of anilines is 1. The van der Waals surface area contributed by atoms with Crippen molar-refractivity contribution in [3.05, 3.63) is 24.0 Å². The smallest absolute Gasteiger partial charge is 0.330 e. The molecule has 0 bridgehead atoms. The Bertz CT molecular complexity index is 571. The molecule has 0 aliphatic rings. The van der Waals surface area contributed by atoms with Crippen LogP contribution in [-0.2, 0) is 0 Å². The second kappa shape index (κ2) is 6.14. The third-order valence-electron chi connectivity index (χ3n) is 2.25. The summed E-state index contributed by atoms with van der Waals surface area (Å²) >= 11 is 0. The van der Waals surface area contributed by atoms with Gasteiger partial charge in [0.1, 0.15) is 5.75 Å². The molecule has 0 saturated heterocycles. The number of pyridine rings is 1. The maximum atomic E-state index is 5.55. The predicted molar refractivity (Wildman–Crippen MR) is 74.2 cm³/mol. The first-order chi connectivity index (χ1) is 9.56. The van der Waals surface area contributed by atoms with Crippen LogP contribution in [0.2, 0.25) is 0 Å². The summed E-state index contributed by atoms with van der Waals surface area (Å²) in [5.74, 6) is 0.935. The summed E-state index contributed by atoms with van der Waals surface area (Å²) < 4.78 is 11.0. The zero-order chi connectivity index (χ0) is 14.5. The van der Waals surface area contributed by atoms with Gasteiger partial charge in [0.15, 0.2) is 0 Å². The van der Waals surface area contributed by atoms with Gasteiger partial charge in [0.25, 0.3) is 0 Å². The summed E-state index contributed by atoms with van der Waals surface area (Å²) in [6.07, 6.45) is 1.58. The molecular weight excluding hydrogens is 258 g/mol. The van der Waals surface area contributed by atoms with Crippen LogP contribution in [0.4, 0.5) is 5.95 Å². The molecule has 20 heavy (non-hydrogen) atoms. The molecule has 0 radical (unpaired) electrons. The van der Waals surface area contributed by atoms with Gasteiger partial charge < -0.3 is 14.8 Å². The van der Waals surface area contributed by atoms with Gasteiger partial charge in [-0.1, -0.05) is 0 Å².